The zero-order valence-corrected chi connectivity index (χ0v) is 16.5. The highest BCUT2D eigenvalue weighted by Gasteiger charge is 2.19. The Bertz CT molecular complexity index is 1000. The Morgan fingerprint density at radius 3 is 2.76 bits per heavy atom. The number of nitrogens with zero attached hydrogens (tertiary/aromatic N) is 5. The maximum atomic E-state index is 12.6. The van der Waals surface area contributed by atoms with Crippen molar-refractivity contribution in [1.82, 2.24) is 29.8 Å². The van der Waals surface area contributed by atoms with Crippen LogP contribution in [-0.4, -0.2) is 56.6 Å². The van der Waals surface area contributed by atoms with Crippen molar-refractivity contribution in [1.29, 1.82) is 0 Å². The van der Waals surface area contributed by atoms with Crippen LogP contribution in [0.5, 0.6) is 0 Å². The van der Waals surface area contributed by atoms with Crippen molar-refractivity contribution in [3.8, 4) is 11.4 Å². The average molecular weight is 392 g/mol. The van der Waals surface area contributed by atoms with Crippen LogP contribution < -0.4 is 5.56 Å². The number of rotatable bonds is 6. The lowest BCUT2D eigenvalue weighted by Gasteiger charge is -2.19. The van der Waals surface area contributed by atoms with Crippen molar-refractivity contribution < 1.29 is 4.74 Å². The summed E-state index contributed by atoms with van der Waals surface area (Å²) in [6.45, 7) is 3.01. The molecule has 0 spiro atoms. The van der Waals surface area contributed by atoms with Gasteiger partial charge in [-0.15, -0.1) is 0 Å². The first kappa shape index (κ1) is 19.4. The molecule has 3 aromatic rings. The number of ether oxygens (including phenoxy) is 1. The van der Waals surface area contributed by atoms with E-state index in [1.807, 2.05) is 24.5 Å². The number of hydrogen-bond donors (Lipinski definition) is 1. The Morgan fingerprint density at radius 2 is 2.00 bits per heavy atom. The molecule has 0 unspecified atom stereocenters. The van der Waals surface area contributed by atoms with Crippen LogP contribution >= 0.6 is 0 Å². The molecule has 0 saturated heterocycles. The number of H-pyrrole nitrogens is 1. The smallest absolute Gasteiger partial charge is 0.254 e. The number of pyridine rings is 1. The first-order chi connectivity index (χ1) is 14.2. The van der Waals surface area contributed by atoms with E-state index < -0.39 is 0 Å². The van der Waals surface area contributed by atoms with Crippen molar-refractivity contribution in [3.05, 3.63) is 69.9 Å². The molecular weight excluding hydrogens is 368 g/mol. The second kappa shape index (κ2) is 9.02. The van der Waals surface area contributed by atoms with E-state index in [2.05, 4.69) is 24.8 Å². The molecule has 4 heterocycles. The molecule has 0 amide bonds. The fraction of sp³-hybridized carbons (Fsp3) is 0.381. The number of aromatic amines is 1. The minimum Gasteiger partial charge on any atom is -0.384 e. The molecule has 3 aromatic heterocycles. The molecular formula is C21H24N6O2. The van der Waals surface area contributed by atoms with Crippen LogP contribution in [0.1, 0.15) is 22.6 Å². The molecule has 0 aliphatic carbocycles. The molecule has 4 rings (SSSR count). The summed E-state index contributed by atoms with van der Waals surface area (Å²) >= 11 is 0. The minimum atomic E-state index is -0.0541. The summed E-state index contributed by atoms with van der Waals surface area (Å²) < 4.78 is 5.06. The van der Waals surface area contributed by atoms with E-state index >= 15 is 0 Å². The highest BCUT2D eigenvalue weighted by molar-refractivity contribution is 5.53. The van der Waals surface area contributed by atoms with E-state index in [1.54, 1.807) is 19.5 Å². The molecule has 150 valence electrons. The SMILES string of the molecule is COCCc1ncc(CN2CCc3nc(-c4cccnc4)[nH]c(=O)c3CC2)cn1. The average Bonchev–Trinajstić information content (AvgIpc) is 2.96. The maximum absolute atomic E-state index is 12.6. The predicted octanol–water partition coefficient (Wildman–Crippen LogP) is 1.41. The highest BCUT2D eigenvalue weighted by atomic mass is 16.5. The van der Waals surface area contributed by atoms with E-state index in [0.717, 1.165) is 54.3 Å². The third-order valence-electron chi connectivity index (χ3n) is 5.07. The van der Waals surface area contributed by atoms with Gasteiger partial charge in [-0.05, 0) is 18.6 Å². The zero-order chi connectivity index (χ0) is 20.1. The Morgan fingerprint density at radius 1 is 1.17 bits per heavy atom. The first-order valence-electron chi connectivity index (χ1n) is 9.76. The Kier molecular flexibility index (Phi) is 6.02. The van der Waals surface area contributed by atoms with Crippen LogP contribution in [0.15, 0.2) is 41.7 Å². The van der Waals surface area contributed by atoms with Gasteiger partial charge < -0.3 is 9.72 Å². The summed E-state index contributed by atoms with van der Waals surface area (Å²) in [6.07, 6.45) is 9.30. The van der Waals surface area contributed by atoms with Crippen LogP contribution in [0.4, 0.5) is 0 Å². The molecule has 0 bridgehead atoms. The van der Waals surface area contributed by atoms with Crippen molar-refractivity contribution in [2.45, 2.75) is 25.8 Å². The summed E-state index contributed by atoms with van der Waals surface area (Å²) in [7, 11) is 1.67. The second-order valence-corrected chi connectivity index (χ2v) is 7.11. The number of hydrogen-bond acceptors (Lipinski definition) is 7. The standard InChI is InChI=1S/C21H24N6O2/c1-29-10-6-19-23-11-15(12-24-19)14-27-8-4-17-18(5-9-27)25-20(26-21(17)28)16-3-2-7-22-13-16/h2-3,7,11-13H,4-6,8-10,14H2,1H3,(H,25,26,28). The van der Waals surface area contributed by atoms with Gasteiger partial charge in [0.15, 0.2) is 0 Å². The molecule has 8 nitrogen and oxygen atoms in total. The van der Waals surface area contributed by atoms with Crippen LogP contribution in [0.25, 0.3) is 11.4 Å². The summed E-state index contributed by atoms with van der Waals surface area (Å²) in [6, 6.07) is 3.74. The third kappa shape index (κ3) is 4.72. The second-order valence-electron chi connectivity index (χ2n) is 7.11. The summed E-state index contributed by atoms with van der Waals surface area (Å²) in [4.78, 5) is 35.5. The first-order valence-corrected chi connectivity index (χ1v) is 9.76. The van der Waals surface area contributed by atoms with Gasteiger partial charge >= 0.3 is 0 Å². The molecule has 8 heteroatoms. The van der Waals surface area contributed by atoms with E-state index in [4.69, 9.17) is 9.72 Å². The fourth-order valence-electron chi connectivity index (χ4n) is 3.50. The summed E-state index contributed by atoms with van der Waals surface area (Å²) in [5.41, 5.74) is 3.49. The largest absolute Gasteiger partial charge is 0.384 e. The molecule has 0 saturated carbocycles. The molecule has 1 N–H and O–H groups in total. The Balaban J connectivity index is 1.45. The van der Waals surface area contributed by atoms with Crippen molar-refractivity contribution in [2.24, 2.45) is 0 Å². The van der Waals surface area contributed by atoms with Gasteiger partial charge in [0.1, 0.15) is 11.6 Å². The van der Waals surface area contributed by atoms with Crippen molar-refractivity contribution in [2.75, 3.05) is 26.8 Å². The van der Waals surface area contributed by atoms with E-state index in [1.165, 1.54) is 0 Å². The van der Waals surface area contributed by atoms with Crippen molar-refractivity contribution >= 4 is 0 Å². The van der Waals surface area contributed by atoms with Crippen LogP contribution in [0, 0.1) is 0 Å². The lowest BCUT2D eigenvalue weighted by atomic mass is 10.1. The van der Waals surface area contributed by atoms with Gasteiger partial charge in [0.05, 0.1) is 12.3 Å². The summed E-state index contributed by atoms with van der Waals surface area (Å²) in [5.74, 6) is 1.37. The number of nitrogens with one attached hydrogen (secondary N) is 1. The van der Waals surface area contributed by atoms with Crippen LogP contribution in [0.3, 0.4) is 0 Å². The van der Waals surface area contributed by atoms with Gasteiger partial charge in [0.25, 0.3) is 5.56 Å². The molecule has 0 atom stereocenters. The quantitative estimate of drug-likeness (QED) is 0.677. The number of methoxy groups -OCH3 is 1. The molecule has 1 aliphatic heterocycles. The zero-order valence-electron chi connectivity index (χ0n) is 16.5. The fourth-order valence-corrected chi connectivity index (χ4v) is 3.50. The van der Waals surface area contributed by atoms with Crippen molar-refractivity contribution in [3.63, 3.8) is 0 Å². The molecule has 1 aliphatic rings. The summed E-state index contributed by atoms with van der Waals surface area (Å²) in [5, 5.41) is 0. The van der Waals surface area contributed by atoms with Gasteiger partial charge in [0, 0.05) is 81.1 Å². The van der Waals surface area contributed by atoms with Crippen LogP contribution in [0.2, 0.25) is 0 Å². The number of fused-ring (bicyclic) bond motifs is 1. The molecule has 0 aromatic carbocycles. The van der Waals surface area contributed by atoms with E-state index in [-0.39, 0.29) is 5.56 Å². The third-order valence-corrected chi connectivity index (χ3v) is 5.07. The normalized spacial score (nSPS) is 14.4. The number of aromatic nitrogens is 5. The topological polar surface area (TPSA) is 96.9 Å². The molecule has 0 fully saturated rings. The van der Waals surface area contributed by atoms with Gasteiger partial charge in [0.2, 0.25) is 0 Å². The molecule has 0 radical (unpaired) electrons. The van der Waals surface area contributed by atoms with Gasteiger partial charge in [-0.25, -0.2) is 15.0 Å². The maximum Gasteiger partial charge on any atom is 0.254 e. The van der Waals surface area contributed by atoms with Gasteiger partial charge in [-0.2, -0.15) is 0 Å². The lowest BCUT2D eigenvalue weighted by molar-refractivity contribution is 0.200. The Hall–Kier alpha value is -2.97. The van der Waals surface area contributed by atoms with Crippen LogP contribution in [-0.2, 0) is 30.5 Å². The monoisotopic (exact) mass is 392 g/mol. The van der Waals surface area contributed by atoms with E-state index in [9.17, 15) is 4.79 Å². The van der Waals surface area contributed by atoms with Gasteiger partial charge in [-0.1, -0.05) is 0 Å². The minimum absolute atomic E-state index is 0.0541. The van der Waals surface area contributed by atoms with Gasteiger partial charge in [-0.3, -0.25) is 14.7 Å². The highest BCUT2D eigenvalue weighted by Crippen LogP contribution is 2.17. The molecule has 29 heavy (non-hydrogen) atoms. The van der Waals surface area contributed by atoms with E-state index in [0.29, 0.717) is 25.3 Å². The lowest BCUT2D eigenvalue weighted by Crippen LogP contribution is -2.26. The predicted molar refractivity (Wildman–Crippen MR) is 108 cm³/mol. The Labute approximate surface area is 169 Å².